The lowest BCUT2D eigenvalue weighted by atomic mass is 10.2. The zero-order valence-electron chi connectivity index (χ0n) is 15.9. The minimum Gasteiger partial charge on any atom is -0.471 e. The van der Waals surface area contributed by atoms with Crippen LogP contribution in [-0.4, -0.2) is 35.9 Å². The molecule has 29 heavy (non-hydrogen) atoms. The van der Waals surface area contributed by atoms with Crippen molar-refractivity contribution < 1.29 is 23.0 Å². The Morgan fingerprint density at radius 2 is 1.66 bits per heavy atom. The number of carbonyl (C=O) groups is 1. The lowest BCUT2D eigenvalue weighted by Crippen LogP contribution is -2.27. The van der Waals surface area contributed by atoms with Gasteiger partial charge in [-0.3, -0.25) is 9.48 Å². The lowest BCUT2D eigenvalue weighted by molar-refractivity contribution is 0.0932. The highest BCUT2D eigenvalue weighted by Gasteiger charge is 2.18. The standard InChI is InChI=1S/C21H21F2N3O3/c1-28-11-10-24-20(27)19-13-26(12-15-2-6-17(22)7-3-15)25-21(19)29-14-16-4-8-18(23)9-5-16/h2-9,13H,10-12,14H2,1H3,(H,24,27). The number of aromatic nitrogens is 2. The molecule has 0 aliphatic rings. The van der Waals surface area contributed by atoms with Crippen LogP contribution in [0.1, 0.15) is 21.5 Å². The minimum absolute atomic E-state index is 0.131. The highest BCUT2D eigenvalue weighted by Crippen LogP contribution is 2.19. The summed E-state index contributed by atoms with van der Waals surface area (Å²) in [5, 5.41) is 7.08. The van der Waals surface area contributed by atoms with E-state index in [2.05, 4.69) is 10.4 Å². The molecule has 0 spiro atoms. The number of methoxy groups -OCH3 is 1. The third-order valence-electron chi connectivity index (χ3n) is 4.11. The number of rotatable bonds is 9. The van der Waals surface area contributed by atoms with Gasteiger partial charge < -0.3 is 14.8 Å². The second kappa shape index (κ2) is 9.79. The first-order valence-electron chi connectivity index (χ1n) is 9.01. The first-order chi connectivity index (χ1) is 14.0. The molecule has 152 valence electrons. The molecule has 0 unspecified atom stereocenters. The van der Waals surface area contributed by atoms with Crippen LogP contribution in [0.4, 0.5) is 8.78 Å². The maximum absolute atomic E-state index is 13.1. The molecule has 0 aliphatic carbocycles. The highest BCUT2D eigenvalue weighted by molar-refractivity contribution is 5.96. The second-order valence-electron chi connectivity index (χ2n) is 6.34. The number of nitrogens with zero attached hydrogens (tertiary/aromatic N) is 2. The van der Waals surface area contributed by atoms with Crippen molar-refractivity contribution in [3.05, 3.63) is 83.1 Å². The van der Waals surface area contributed by atoms with Gasteiger partial charge in [-0.15, -0.1) is 5.10 Å². The Hall–Kier alpha value is -3.26. The molecule has 0 radical (unpaired) electrons. The van der Waals surface area contributed by atoms with Crippen molar-refractivity contribution in [2.24, 2.45) is 0 Å². The average Bonchev–Trinajstić information content (AvgIpc) is 3.12. The Bertz CT molecular complexity index is 941. The fraction of sp³-hybridized carbons (Fsp3) is 0.238. The molecule has 0 atom stereocenters. The minimum atomic E-state index is -0.346. The second-order valence-corrected chi connectivity index (χ2v) is 6.34. The van der Waals surface area contributed by atoms with Gasteiger partial charge in [0.15, 0.2) is 0 Å². The molecule has 0 fully saturated rings. The van der Waals surface area contributed by atoms with Crippen molar-refractivity contribution >= 4 is 5.91 Å². The Labute approximate surface area is 167 Å². The summed E-state index contributed by atoms with van der Waals surface area (Å²) in [6.45, 7) is 1.20. The molecule has 3 aromatic rings. The number of hydrogen-bond donors (Lipinski definition) is 1. The van der Waals surface area contributed by atoms with Crippen LogP contribution in [0.25, 0.3) is 0 Å². The van der Waals surface area contributed by atoms with Gasteiger partial charge in [0.25, 0.3) is 5.91 Å². The van der Waals surface area contributed by atoms with Gasteiger partial charge in [-0.2, -0.15) is 0 Å². The van der Waals surface area contributed by atoms with Gasteiger partial charge in [-0.25, -0.2) is 8.78 Å². The Kier molecular flexibility index (Phi) is 6.91. The van der Waals surface area contributed by atoms with E-state index in [-0.39, 0.29) is 35.6 Å². The number of amides is 1. The van der Waals surface area contributed by atoms with Crippen LogP contribution in [0.2, 0.25) is 0 Å². The molecule has 0 saturated heterocycles. The van der Waals surface area contributed by atoms with Gasteiger partial charge in [-0.05, 0) is 35.4 Å². The van der Waals surface area contributed by atoms with E-state index in [0.717, 1.165) is 11.1 Å². The van der Waals surface area contributed by atoms with E-state index in [4.69, 9.17) is 9.47 Å². The van der Waals surface area contributed by atoms with Crippen LogP contribution in [0.15, 0.2) is 54.7 Å². The van der Waals surface area contributed by atoms with Crippen LogP contribution >= 0.6 is 0 Å². The van der Waals surface area contributed by atoms with Crippen LogP contribution in [0.3, 0.4) is 0 Å². The van der Waals surface area contributed by atoms with Crippen molar-refractivity contribution in [1.29, 1.82) is 0 Å². The normalized spacial score (nSPS) is 10.7. The van der Waals surface area contributed by atoms with E-state index in [1.165, 1.54) is 24.3 Å². The predicted octanol–water partition coefficient (Wildman–Crippen LogP) is 3.16. The lowest BCUT2D eigenvalue weighted by Gasteiger charge is -2.06. The summed E-state index contributed by atoms with van der Waals surface area (Å²) in [7, 11) is 1.55. The number of ether oxygens (including phenoxy) is 2. The molecular weight excluding hydrogens is 380 g/mol. The van der Waals surface area contributed by atoms with Gasteiger partial charge in [0.05, 0.1) is 13.2 Å². The molecule has 1 aromatic heterocycles. The van der Waals surface area contributed by atoms with Crippen molar-refractivity contribution in [2.75, 3.05) is 20.3 Å². The Balaban J connectivity index is 1.77. The Morgan fingerprint density at radius 1 is 1.03 bits per heavy atom. The number of nitrogens with one attached hydrogen (secondary N) is 1. The molecule has 3 rings (SSSR count). The van der Waals surface area contributed by atoms with Crippen LogP contribution < -0.4 is 10.1 Å². The maximum Gasteiger partial charge on any atom is 0.258 e. The first-order valence-corrected chi connectivity index (χ1v) is 9.01. The molecule has 8 heteroatoms. The van der Waals surface area contributed by atoms with Gasteiger partial charge in [0.2, 0.25) is 5.88 Å². The maximum atomic E-state index is 13.1. The number of hydrogen-bond acceptors (Lipinski definition) is 4. The highest BCUT2D eigenvalue weighted by atomic mass is 19.1. The SMILES string of the molecule is COCCNC(=O)c1cn(Cc2ccc(F)cc2)nc1OCc1ccc(F)cc1. The fourth-order valence-corrected chi connectivity index (χ4v) is 2.62. The smallest absolute Gasteiger partial charge is 0.258 e. The molecule has 6 nitrogen and oxygen atoms in total. The van der Waals surface area contributed by atoms with Crippen molar-refractivity contribution in [1.82, 2.24) is 15.1 Å². The zero-order valence-corrected chi connectivity index (χ0v) is 15.9. The topological polar surface area (TPSA) is 65.4 Å². The third-order valence-corrected chi connectivity index (χ3v) is 4.11. The number of carbonyl (C=O) groups excluding carboxylic acids is 1. The Morgan fingerprint density at radius 3 is 2.28 bits per heavy atom. The van der Waals surface area contributed by atoms with Crippen molar-refractivity contribution in [2.45, 2.75) is 13.2 Å². The molecule has 0 aliphatic heterocycles. The average molecular weight is 401 g/mol. The first kappa shape index (κ1) is 20.5. The predicted molar refractivity (Wildman–Crippen MR) is 103 cm³/mol. The zero-order chi connectivity index (χ0) is 20.6. The number of halogens is 2. The largest absolute Gasteiger partial charge is 0.471 e. The van der Waals surface area contributed by atoms with E-state index in [1.54, 1.807) is 42.3 Å². The summed E-state index contributed by atoms with van der Waals surface area (Å²) in [4.78, 5) is 12.5. The van der Waals surface area contributed by atoms with Gasteiger partial charge >= 0.3 is 0 Å². The molecule has 1 heterocycles. The molecule has 1 N–H and O–H groups in total. The van der Waals surface area contributed by atoms with Gasteiger partial charge in [0.1, 0.15) is 23.8 Å². The van der Waals surface area contributed by atoms with E-state index in [9.17, 15) is 13.6 Å². The molecule has 2 aromatic carbocycles. The summed E-state index contributed by atoms with van der Waals surface area (Å²) >= 11 is 0. The van der Waals surface area contributed by atoms with Crippen molar-refractivity contribution in [3.8, 4) is 5.88 Å². The fourth-order valence-electron chi connectivity index (χ4n) is 2.62. The van der Waals surface area contributed by atoms with E-state index >= 15 is 0 Å². The van der Waals surface area contributed by atoms with E-state index in [1.807, 2.05) is 0 Å². The van der Waals surface area contributed by atoms with Crippen LogP contribution in [0, 0.1) is 11.6 Å². The van der Waals surface area contributed by atoms with Crippen molar-refractivity contribution in [3.63, 3.8) is 0 Å². The van der Waals surface area contributed by atoms with Crippen LogP contribution in [0.5, 0.6) is 5.88 Å². The van der Waals surface area contributed by atoms with E-state index < -0.39 is 0 Å². The van der Waals surface area contributed by atoms with Gasteiger partial charge in [-0.1, -0.05) is 24.3 Å². The number of benzene rings is 2. The van der Waals surface area contributed by atoms with E-state index in [0.29, 0.717) is 19.7 Å². The van der Waals surface area contributed by atoms with Crippen LogP contribution in [-0.2, 0) is 17.9 Å². The molecule has 1 amide bonds. The quantitative estimate of drug-likeness (QED) is 0.560. The van der Waals surface area contributed by atoms with Gasteiger partial charge in [0, 0.05) is 19.9 Å². The molecule has 0 bridgehead atoms. The summed E-state index contributed by atoms with van der Waals surface area (Å²) in [5.74, 6) is -0.848. The monoisotopic (exact) mass is 401 g/mol. The molecule has 0 saturated carbocycles. The summed E-state index contributed by atoms with van der Waals surface area (Å²) in [6, 6.07) is 11.9. The summed E-state index contributed by atoms with van der Waals surface area (Å²) < 4.78 is 38.4. The molecular formula is C21H21F2N3O3. The summed E-state index contributed by atoms with van der Waals surface area (Å²) in [6.07, 6.45) is 1.57. The summed E-state index contributed by atoms with van der Waals surface area (Å²) in [5.41, 5.74) is 1.83. The third kappa shape index (κ3) is 5.86.